The molecule has 0 radical (unpaired) electrons. The Kier molecular flexibility index (Phi) is 4.62. The van der Waals surface area contributed by atoms with E-state index < -0.39 is 0 Å². The quantitative estimate of drug-likeness (QED) is 0.833. The molecular formula is C15H18ClN3O2. The Morgan fingerprint density at radius 1 is 1.19 bits per heavy atom. The average molecular weight is 308 g/mol. The van der Waals surface area contributed by atoms with Crippen LogP contribution in [0.1, 0.15) is 12.1 Å². The highest BCUT2D eigenvalue weighted by Crippen LogP contribution is 2.20. The molecule has 0 saturated carbocycles. The lowest BCUT2D eigenvalue weighted by Crippen LogP contribution is -2.28. The van der Waals surface area contributed by atoms with Crippen LogP contribution < -0.4 is 14.8 Å². The number of nitrogens with zero attached hydrogens (tertiary/aromatic N) is 2. The molecule has 0 unspecified atom stereocenters. The summed E-state index contributed by atoms with van der Waals surface area (Å²) in [7, 11) is 0. The van der Waals surface area contributed by atoms with Gasteiger partial charge in [-0.2, -0.15) is 5.10 Å². The molecule has 0 spiro atoms. The van der Waals surface area contributed by atoms with E-state index in [0.29, 0.717) is 18.2 Å². The standard InChI is InChI=1S/C15H18ClN3O2/c16-12-2-4-13(5-3-12)20-8-1-9-21-15-11-18-19-7-6-17-10-14(15)19/h2-5,11,17H,1,6-10H2. The van der Waals surface area contributed by atoms with E-state index in [-0.39, 0.29) is 0 Å². The van der Waals surface area contributed by atoms with Gasteiger partial charge in [0.05, 0.1) is 31.6 Å². The Labute approximate surface area is 128 Å². The molecule has 2 heterocycles. The van der Waals surface area contributed by atoms with Crippen LogP contribution in [0.5, 0.6) is 11.5 Å². The maximum absolute atomic E-state index is 5.82. The van der Waals surface area contributed by atoms with E-state index in [9.17, 15) is 0 Å². The lowest BCUT2D eigenvalue weighted by Gasteiger charge is -2.16. The Balaban J connectivity index is 1.40. The summed E-state index contributed by atoms with van der Waals surface area (Å²) in [5, 5.41) is 8.35. The summed E-state index contributed by atoms with van der Waals surface area (Å²) >= 11 is 5.82. The topological polar surface area (TPSA) is 48.3 Å². The second kappa shape index (κ2) is 6.83. The van der Waals surface area contributed by atoms with Crippen LogP contribution in [-0.4, -0.2) is 29.5 Å². The number of hydrogen-bond donors (Lipinski definition) is 1. The molecule has 112 valence electrons. The number of halogens is 1. The van der Waals surface area contributed by atoms with Crippen LogP contribution in [0.25, 0.3) is 0 Å². The van der Waals surface area contributed by atoms with E-state index in [1.165, 1.54) is 0 Å². The number of nitrogens with one attached hydrogen (secondary N) is 1. The van der Waals surface area contributed by atoms with E-state index >= 15 is 0 Å². The highest BCUT2D eigenvalue weighted by molar-refractivity contribution is 6.30. The molecule has 1 aromatic heterocycles. The van der Waals surface area contributed by atoms with Crippen LogP contribution in [0, 0.1) is 0 Å². The molecule has 6 heteroatoms. The van der Waals surface area contributed by atoms with Crippen LogP contribution in [0.2, 0.25) is 5.02 Å². The van der Waals surface area contributed by atoms with E-state index in [4.69, 9.17) is 21.1 Å². The Bertz CT molecular complexity index is 583. The zero-order valence-electron chi connectivity index (χ0n) is 11.7. The lowest BCUT2D eigenvalue weighted by molar-refractivity contribution is 0.245. The minimum atomic E-state index is 0.614. The molecule has 0 bridgehead atoms. The highest BCUT2D eigenvalue weighted by Gasteiger charge is 2.14. The molecule has 1 N–H and O–H groups in total. The van der Waals surface area contributed by atoms with E-state index in [1.807, 2.05) is 28.9 Å². The summed E-state index contributed by atoms with van der Waals surface area (Å²) in [6, 6.07) is 7.37. The predicted octanol–water partition coefficient (Wildman–Crippen LogP) is 2.49. The number of hydrogen-bond acceptors (Lipinski definition) is 4. The fourth-order valence-electron chi connectivity index (χ4n) is 2.24. The summed E-state index contributed by atoms with van der Waals surface area (Å²) in [5.74, 6) is 1.69. The maximum atomic E-state index is 5.82. The highest BCUT2D eigenvalue weighted by atomic mass is 35.5. The molecule has 1 aliphatic heterocycles. The molecule has 0 amide bonds. The molecule has 0 fully saturated rings. The summed E-state index contributed by atoms with van der Waals surface area (Å²) in [5.41, 5.74) is 1.12. The van der Waals surface area contributed by atoms with Crippen molar-refractivity contribution in [3.8, 4) is 11.5 Å². The summed E-state index contributed by atoms with van der Waals surface area (Å²) < 4.78 is 13.4. The fourth-order valence-corrected chi connectivity index (χ4v) is 2.36. The van der Waals surface area contributed by atoms with Crippen LogP contribution in [0.4, 0.5) is 0 Å². The second-order valence-corrected chi connectivity index (χ2v) is 5.30. The SMILES string of the molecule is Clc1ccc(OCCCOc2cnn3c2CNCC3)cc1. The molecule has 1 aliphatic rings. The lowest BCUT2D eigenvalue weighted by atomic mass is 10.3. The minimum absolute atomic E-state index is 0.614. The molecule has 21 heavy (non-hydrogen) atoms. The third-order valence-electron chi connectivity index (χ3n) is 3.33. The number of fused-ring (bicyclic) bond motifs is 1. The first kappa shape index (κ1) is 14.2. The van der Waals surface area contributed by atoms with Crippen molar-refractivity contribution in [2.45, 2.75) is 19.5 Å². The van der Waals surface area contributed by atoms with Crippen molar-refractivity contribution >= 4 is 11.6 Å². The second-order valence-electron chi connectivity index (χ2n) is 4.86. The van der Waals surface area contributed by atoms with Gasteiger partial charge in [0, 0.05) is 24.5 Å². The van der Waals surface area contributed by atoms with Crippen molar-refractivity contribution in [1.82, 2.24) is 15.1 Å². The zero-order chi connectivity index (χ0) is 14.5. The Morgan fingerprint density at radius 2 is 2.00 bits per heavy atom. The van der Waals surface area contributed by atoms with Crippen molar-refractivity contribution < 1.29 is 9.47 Å². The number of rotatable bonds is 6. The van der Waals surface area contributed by atoms with Gasteiger partial charge in [-0.25, -0.2) is 0 Å². The Morgan fingerprint density at radius 3 is 2.86 bits per heavy atom. The molecular weight excluding hydrogens is 290 g/mol. The van der Waals surface area contributed by atoms with Crippen molar-refractivity contribution in [3.05, 3.63) is 41.2 Å². The van der Waals surface area contributed by atoms with Gasteiger partial charge < -0.3 is 14.8 Å². The van der Waals surface area contributed by atoms with Crippen molar-refractivity contribution in [2.75, 3.05) is 19.8 Å². The monoisotopic (exact) mass is 307 g/mol. The van der Waals surface area contributed by atoms with E-state index in [2.05, 4.69) is 10.4 Å². The van der Waals surface area contributed by atoms with Crippen LogP contribution in [0.15, 0.2) is 30.5 Å². The third kappa shape index (κ3) is 3.68. The minimum Gasteiger partial charge on any atom is -0.493 e. The van der Waals surface area contributed by atoms with Crippen LogP contribution >= 0.6 is 11.6 Å². The largest absolute Gasteiger partial charge is 0.493 e. The molecule has 1 aromatic carbocycles. The van der Waals surface area contributed by atoms with Gasteiger partial charge in [0.15, 0.2) is 5.75 Å². The van der Waals surface area contributed by atoms with Gasteiger partial charge in [0.1, 0.15) is 5.75 Å². The summed E-state index contributed by atoms with van der Waals surface area (Å²) in [6.07, 6.45) is 2.61. The zero-order valence-corrected chi connectivity index (χ0v) is 12.5. The normalized spacial score (nSPS) is 13.8. The maximum Gasteiger partial charge on any atom is 0.161 e. The number of benzene rings is 1. The van der Waals surface area contributed by atoms with Crippen molar-refractivity contribution in [3.63, 3.8) is 0 Å². The van der Waals surface area contributed by atoms with Gasteiger partial charge in [-0.1, -0.05) is 11.6 Å². The van der Waals surface area contributed by atoms with Crippen molar-refractivity contribution in [1.29, 1.82) is 0 Å². The fraction of sp³-hybridized carbons (Fsp3) is 0.400. The van der Waals surface area contributed by atoms with Gasteiger partial charge in [-0.3, -0.25) is 4.68 Å². The molecule has 0 saturated heterocycles. The summed E-state index contributed by atoms with van der Waals surface area (Å²) in [4.78, 5) is 0. The van der Waals surface area contributed by atoms with Crippen LogP contribution in [-0.2, 0) is 13.1 Å². The van der Waals surface area contributed by atoms with E-state index in [0.717, 1.165) is 43.2 Å². The number of ether oxygens (including phenoxy) is 2. The first-order valence-electron chi connectivity index (χ1n) is 7.09. The molecule has 5 nitrogen and oxygen atoms in total. The predicted molar refractivity (Wildman–Crippen MR) is 81.0 cm³/mol. The van der Waals surface area contributed by atoms with E-state index in [1.54, 1.807) is 6.20 Å². The molecule has 2 aromatic rings. The summed E-state index contributed by atoms with van der Waals surface area (Å²) in [6.45, 7) is 3.91. The van der Waals surface area contributed by atoms with Crippen molar-refractivity contribution in [2.24, 2.45) is 0 Å². The first-order valence-corrected chi connectivity index (χ1v) is 7.47. The molecule has 0 aliphatic carbocycles. The Hall–Kier alpha value is -1.72. The third-order valence-corrected chi connectivity index (χ3v) is 3.58. The van der Waals surface area contributed by atoms with Gasteiger partial charge in [-0.15, -0.1) is 0 Å². The van der Waals surface area contributed by atoms with Gasteiger partial charge >= 0.3 is 0 Å². The number of aromatic nitrogens is 2. The smallest absolute Gasteiger partial charge is 0.161 e. The molecule has 0 atom stereocenters. The first-order chi connectivity index (χ1) is 10.3. The van der Waals surface area contributed by atoms with Gasteiger partial charge in [0.2, 0.25) is 0 Å². The van der Waals surface area contributed by atoms with Gasteiger partial charge in [-0.05, 0) is 24.3 Å². The average Bonchev–Trinajstić information content (AvgIpc) is 2.92. The molecule has 3 rings (SSSR count). The van der Waals surface area contributed by atoms with Gasteiger partial charge in [0.25, 0.3) is 0 Å². The van der Waals surface area contributed by atoms with Crippen LogP contribution in [0.3, 0.4) is 0 Å².